The highest BCUT2D eigenvalue weighted by atomic mass is 32.1. The van der Waals surface area contributed by atoms with Gasteiger partial charge in [0, 0.05) is 41.3 Å². The van der Waals surface area contributed by atoms with Crippen LogP contribution in [-0.4, -0.2) is 4.57 Å². The van der Waals surface area contributed by atoms with Gasteiger partial charge in [0.1, 0.15) is 0 Å². The molecule has 164 valence electrons. The predicted molar refractivity (Wildman–Crippen MR) is 154 cm³/mol. The third-order valence-electron chi connectivity index (χ3n) is 7.01. The Morgan fingerprint density at radius 2 is 1.26 bits per heavy atom. The number of rotatable bonds is 2. The summed E-state index contributed by atoms with van der Waals surface area (Å²) in [4.78, 5) is 0. The quantitative estimate of drug-likeness (QED) is 0.231. The molecule has 0 fully saturated rings. The van der Waals surface area contributed by atoms with Crippen LogP contribution >= 0.6 is 22.7 Å². The van der Waals surface area contributed by atoms with Gasteiger partial charge in [0.05, 0.1) is 15.7 Å². The lowest BCUT2D eigenvalue weighted by Crippen LogP contribution is -1.93. The van der Waals surface area contributed by atoms with Crippen LogP contribution in [0.5, 0.6) is 0 Å². The summed E-state index contributed by atoms with van der Waals surface area (Å²) in [5.41, 5.74) is 6.35. The molecule has 8 rings (SSSR count). The Morgan fingerprint density at radius 1 is 0.514 bits per heavy atom. The standard InChI is InChI=1S/C32H19NS2/c1-2-9-21(10-3-1)33-26-14-6-4-12-25(26)32-31(33)30-22(13-8-16-28(30)35-32)20-17-18-24-23-11-5-7-15-27(23)34-29(24)19-20/h1-19H. The number of benzene rings is 5. The first-order chi connectivity index (χ1) is 17.4. The second kappa shape index (κ2) is 7.29. The van der Waals surface area contributed by atoms with Crippen molar-refractivity contribution in [3.05, 3.63) is 115 Å². The van der Waals surface area contributed by atoms with E-state index in [4.69, 9.17) is 0 Å². The second-order valence-electron chi connectivity index (χ2n) is 8.96. The maximum absolute atomic E-state index is 2.45. The highest BCUT2D eigenvalue weighted by Gasteiger charge is 2.20. The SMILES string of the molecule is c1ccc(-n2c3ccccc3c3sc4cccc(-c5ccc6c(c5)sc5ccccc56)c4c32)cc1. The molecular formula is C32H19NS2. The van der Waals surface area contributed by atoms with Crippen LogP contribution in [0.3, 0.4) is 0 Å². The molecule has 0 spiro atoms. The summed E-state index contributed by atoms with van der Waals surface area (Å²) < 4.78 is 7.83. The van der Waals surface area contributed by atoms with Gasteiger partial charge in [-0.1, -0.05) is 78.9 Å². The predicted octanol–water partition coefficient (Wildman–Crippen LogP) is 10.0. The van der Waals surface area contributed by atoms with Gasteiger partial charge in [-0.3, -0.25) is 0 Å². The van der Waals surface area contributed by atoms with Gasteiger partial charge in [-0.05, 0) is 47.5 Å². The monoisotopic (exact) mass is 481 g/mol. The summed E-state index contributed by atoms with van der Waals surface area (Å²) in [6, 6.07) is 42.0. The highest BCUT2D eigenvalue weighted by Crippen LogP contribution is 2.46. The topological polar surface area (TPSA) is 4.93 Å². The third kappa shape index (κ3) is 2.74. The Labute approximate surface area is 210 Å². The van der Waals surface area contributed by atoms with Crippen molar-refractivity contribution in [2.75, 3.05) is 0 Å². The minimum atomic E-state index is 1.20. The van der Waals surface area contributed by atoms with Crippen molar-refractivity contribution in [3.63, 3.8) is 0 Å². The lowest BCUT2D eigenvalue weighted by Gasteiger charge is -2.10. The maximum atomic E-state index is 2.45. The van der Waals surface area contributed by atoms with Gasteiger partial charge in [-0.25, -0.2) is 0 Å². The maximum Gasteiger partial charge on any atom is 0.0734 e. The van der Waals surface area contributed by atoms with E-state index in [0.717, 1.165) is 0 Å². The Morgan fingerprint density at radius 3 is 2.17 bits per heavy atom. The minimum Gasteiger partial charge on any atom is -0.308 e. The molecule has 35 heavy (non-hydrogen) atoms. The van der Waals surface area contributed by atoms with Crippen LogP contribution in [0.25, 0.3) is 68.2 Å². The Bertz CT molecular complexity index is 2050. The first kappa shape index (κ1) is 19.4. The van der Waals surface area contributed by atoms with E-state index >= 15 is 0 Å². The smallest absolute Gasteiger partial charge is 0.0734 e. The highest BCUT2D eigenvalue weighted by molar-refractivity contribution is 7.27. The van der Waals surface area contributed by atoms with Gasteiger partial charge in [-0.2, -0.15) is 0 Å². The van der Waals surface area contributed by atoms with E-state index in [1.165, 1.54) is 68.2 Å². The molecule has 0 aliphatic heterocycles. The number of nitrogens with zero attached hydrogens (tertiary/aromatic N) is 1. The average Bonchev–Trinajstić information content (AvgIpc) is 3.57. The molecule has 0 saturated heterocycles. The van der Waals surface area contributed by atoms with Gasteiger partial charge in [0.15, 0.2) is 0 Å². The van der Waals surface area contributed by atoms with Crippen LogP contribution in [0.15, 0.2) is 115 Å². The summed E-state index contributed by atoms with van der Waals surface area (Å²) in [5, 5.41) is 5.35. The molecule has 3 heteroatoms. The number of thiophene rings is 2. The summed E-state index contributed by atoms with van der Waals surface area (Å²) in [7, 11) is 0. The van der Waals surface area contributed by atoms with E-state index < -0.39 is 0 Å². The van der Waals surface area contributed by atoms with E-state index in [0.29, 0.717) is 0 Å². The molecule has 0 N–H and O–H groups in total. The van der Waals surface area contributed by atoms with Crippen LogP contribution in [-0.2, 0) is 0 Å². The van der Waals surface area contributed by atoms with Crippen LogP contribution in [0.4, 0.5) is 0 Å². The molecule has 0 bridgehead atoms. The molecule has 3 aromatic heterocycles. The van der Waals surface area contributed by atoms with Crippen molar-refractivity contribution in [2.45, 2.75) is 0 Å². The number of aromatic nitrogens is 1. The number of hydrogen-bond acceptors (Lipinski definition) is 2. The average molecular weight is 482 g/mol. The summed E-state index contributed by atoms with van der Waals surface area (Å²) in [5.74, 6) is 0. The van der Waals surface area contributed by atoms with Crippen LogP contribution in [0, 0.1) is 0 Å². The molecule has 8 aromatic rings. The molecule has 0 unspecified atom stereocenters. The fourth-order valence-electron chi connectivity index (χ4n) is 5.49. The van der Waals surface area contributed by atoms with Crippen molar-refractivity contribution in [1.82, 2.24) is 4.57 Å². The summed E-state index contributed by atoms with van der Waals surface area (Å²) in [6.45, 7) is 0. The van der Waals surface area contributed by atoms with E-state index in [9.17, 15) is 0 Å². The molecule has 0 aliphatic carbocycles. The van der Waals surface area contributed by atoms with Gasteiger partial charge >= 0.3 is 0 Å². The van der Waals surface area contributed by atoms with E-state index in [-0.39, 0.29) is 0 Å². The second-order valence-corrected chi connectivity index (χ2v) is 11.1. The molecule has 0 amide bonds. The number of fused-ring (bicyclic) bond motifs is 8. The van der Waals surface area contributed by atoms with E-state index in [1.807, 2.05) is 22.7 Å². The molecule has 0 aliphatic rings. The first-order valence-electron chi connectivity index (χ1n) is 11.8. The number of para-hydroxylation sites is 2. The van der Waals surface area contributed by atoms with Gasteiger partial charge in [0.2, 0.25) is 0 Å². The molecule has 0 radical (unpaired) electrons. The zero-order valence-electron chi connectivity index (χ0n) is 18.7. The molecular weight excluding hydrogens is 462 g/mol. The van der Waals surface area contributed by atoms with E-state index in [1.54, 1.807) is 0 Å². The largest absolute Gasteiger partial charge is 0.308 e. The lowest BCUT2D eigenvalue weighted by atomic mass is 10.00. The fourth-order valence-corrected chi connectivity index (χ4v) is 7.88. The summed E-state index contributed by atoms with van der Waals surface area (Å²) in [6.07, 6.45) is 0. The first-order valence-corrected chi connectivity index (χ1v) is 13.4. The van der Waals surface area contributed by atoms with Crippen molar-refractivity contribution in [1.29, 1.82) is 0 Å². The minimum absolute atomic E-state index is 1.20. The molecule has 0 atom stereocenters. The van der Waals surface area contributed by atoms with Crippen LogP contribution in [0.1, 0.15) is 0 Å². The Kier molecular flexibility index (Phi) is 4.04. The normalized spacial score (nSPS) is 12.0. The van der Waals surface area contributed by atoms with Gasteiger partial charge in [0.25, 0.3) is 0 Å². The van der Waals surface area contributed by atoms with E-state index in [2.05, 4.69) is 120 Å². The zero-order valence-corrected chi connectivity index (χ0v) is 20.4. The molecule has 0 saturated carbocycles. The fraction of sp³-hybridized carbons (Fsp3) is 0. The van der Waals surface area contributed by atoms with Gasteiger partial charge < -0.3 is 4.57 Å². The van der Waals surface area contributed by atoms with Crippen molar-refractivity contribution >= 4 is 74.1 Å². The summed E-state index contributed by atoms with van der Waals surface area (Å²) >= 11 is 3.79. The Hall–Kier alpha value is -3.92. The van der Waals surface area contributed by atoms with Crippen LogP contribution in [0.2, 0.25) is 0 Å². The Balaban J connectivity index is 1.50. The van der Waals surface area contributed by atoms with Gasteiger partial charge in [-0.15, -0.1) is 22.7 Å². The van der Waals surface area contributed by atoms with Crippen molar-refractivity contribution < 1.29 is 0 Å². The zero-order chi connectivity index (χ0) is 22.9. The molecule has 3 heterocycles. The lowest BCUT2D eigenvalue weighted by molar-refractivity contribution is 1.19. The molecule has 5 aromatic carbocycles. The number of hydrogen-bond donors (Lipinski definition) is 0. The van der Waals surface area contributed by atoms with Crippen LogP contribution < -0.4 is 0 Å². The third-order valence-corrected chi connectivity index (χ3v) is 9.32. The van der Waals surface area contributed by atoms with Crippen molar-refractivity contribution in [3.8, 4) is 16.8 Å². The molecule has 1 nitrogen and oxygen atoms in total. The van der Waals surface area contributed by atoms with Crippen molar-refractivity contribution in [2.24, 2.45) is 0 Å².